The van der Waals surface area contributed by atoms with Gasteiger partial charge in [-0.25, -0.2) is 0 Å². The Kier molecular flexibility index (Phi) is 3.29. The number of fused-ring (bicyclic) bond motifs is 1. The van der Waals surface area contributed by atoms with Gasteiger partial charge in [0.1, 0.15) is 0 Å². The predicted octanol–water partition coefficient (Wildman–Crippen LogP) is 2.77. The van der Waals surface area contributed by atoms with Gasteiger partial charge in [-0.05, 0) is 30.7 Å². The largest absolute Gasteiger partial charge is 0.308 e. The van der Waals surface area contributed by atoms with E-state index in [4.69, 9.17) is 0 Å². The first kappa shape index (κ1) is 12.5. The third kappa shape index (κ3) is 2.09. The summed E-state index contributed by atoms with van der Waals surface area (Å²) in [5, 5.41) is 7.87. The molecule has 20 heavy (non-hydrogen) atoms. The van der Waals surface area contributed by atoms with Gasteiger partial charge in [0, 0.05) is 18.3 Å². The maximum atomic E-state index is 12.6. The van der Waals surface area contributed by atoms with Crippen LogP contribution in [0.1, 0.15) is 24.6 Å². The van der Waals surface area contributed by atoms with Crippen molar-refractivity contribution < 1.29 is 4.79 Å². The van der Waals surface area contributed by atoms with Crippen molar-refractivity contribution >= 4 is 23.2 Å². The predicted molar refractivity (Wildman–Crippen MR) is 79.0 cm³/mol. The number of rotatable bonds is 3. The van der Waals surface area contributed by atoms with Crippen LogP contribution in [0.3, 0.4) is 0 Å². The molecule has 0 atom stereocenters. The summed E-state index contributed by atoms with van der Waals surface area (Å²) < 4.78 is 0. The molecular weight excluding hydrogens is 250 g/mol. The maximum absolute atomic E-state index is 12.6. The van der Waals surface area contributed by atoms with Crippen LogP contribution in [-0.2, 0) is 4.79 Å². The van der Waals surface area contributed by atoms with Crippen LogP contribution >= 0.6 is 0 Å². The van der Waals surface area contributed by atoms with Gasteiger partial charge in [0.05, 0.1) is 17.0 Å². The Bertz CT molecular complexity index is 664. The molecule has 1 amide bonds. The number of amides is 1. The average Bonchev–Trinajstić information content (AvgIpc) is 2.75. The minimum atomic E-state index is 0.0405. The standard InChI is InChI=1S/C16H15N3O/c1-2-10-19-15-8-4-3-7-13(15)14(16(19)20)11-12-6-5-9-17-18-12/h3-9,11H,2,10H2,1H3/b14-11+. The number of benzene rings is 1. The molecule has 0 spiro atoms. The van der Waals surface area contributed by atoms with Gasteiger partial charge in [-0.1, -0.05) is 25.1 Å². The molecule has 1 aromatic heterocycles. The lowest BCUT2D eigenvalue weighted by molar-refractivity contribution is -0.113. The normalized spacial score (nSPS) is 15.8. The van der Waals surface area contributed by atoms with Crippen molar-refractivity contribution in [2.75, 3.05) is 11.4 Å². The second-order valence-electron chi connectivity index (χ2n) is 4.68. The lowest BCUT2D eigenvalue weighted by Crippen LogP contribution is -2.26. The third-order valence-electron chi connectivity index (χ3n) is 3.29. The van der Waals surface area contributed by atoms with Gasteiger partial charge < -0.3 is 4.90 Å². The molecule has 0 radical (unpaired) electrons. The van der Waals surface area contributed by atoms with Crippen LogP contribution < -0.4 is 4.90 Å². The van der Waals surface area contributed by atoms with Gasteiger partial charge in [0.2, 0.25) is 0 Å². The Labute approximate surface area is 117 Å². The van der Waals surface area contributed by atoms with E-state index in [1.54, 1.807) is 6.20 Å². The molecule has 1 aromatic carbocycles. The number of aromatic nitrogens is 2. The Morgan fingerprint density at radius 2 is 2.05 bits per heavy atom. The van der Waals surface area contributed by atoms with E-state index >= 15 is 0 Å². The minimum Gasteiger partial charge on any atom is -0.308 e. The van der Waals surface area contributed by atoms with Gasteiger partial charge in [-0.2, -0.15) is 10.2 Å². The molecular formula is C16H15N3O. The van der Waals surface area contributed by atoms with Crippen LogP contribution in [0, 0.1) is 0 Å². The molecule has 0 fully saturated rings. The van der Waals surface area contributed by atoms with E-state index in [9.17, 15) is 4.79 Å². The van der Waals surface area contributed by atoms with Crippen molar-refractivity contribution in [1.29, 1.82) is 0 Å². The van der Waals surface area contributed by atoms with Crippen molar-refractivity contribution in [2.24, 2.45) is 0 Å². The zero-order valence-corrected chi connectivity index (χ0v) is 11.3. The molecule has 0 bridgehead atoms. The van der Waals surface area contributed by atoms with Crippen LogP contribution in [0.4, 0.5) is 5.69 Å². The summed E-state index contributed by atoms with van der Waals surface area (Å²) in [6.45, 7) is 2.80. The second kappa shape index (κ2) is 5.25. The quantitative estimate of drug-likeness (QED) is 0.802. The molecule has 0 unspecified atom stereocenters. The Morgan fingerprint density at radius 3 is 2.80 bits per heavy atom. The van der Waals surface area contributed by atoms with Crippen LogP contribution in [0.15, 0.2) is 42.6 Å². The molecule has 4 heteroatoms. The van der Waals surface area contributed by atoms with Crippen molar-refractivity contribution in [2.45, 2.75) is 13.3 Å². The molecule has 2 aromatic rings. The van der Waals surface area contributed by atoms with E-state index in [0.29, 0.717) is 11.3 Å². The molecule has 1 aliphatic rings. The molecule has 4 nitrogen and oxygen atoms in total. The zero-order valence-electron chi connectivity index (χ0n) is 11.3. The number of para-hydroxylation sites is 1. The fourth-order valence-electron chi connectivity index (χ4n) is 2.43. The summed E-state index contributed by atoms with van der Waals surface area (Å²) in [5.74, 6) is 0.0405. The van der Waals surface area contributed by atoms with Gasteiger partial charge in [-0.3, -0.25) is 4.79 Å². The molecule has 100 valence electrons. The van der Waals surface area contributed by atoms with Gasteiger partial charge in [0.25, 0.3) is 5.91 Å². The smallest absolute Gasteiger partial charge is 0.259 e. The number of carbonyl (C=O) groups is 1. The minimum absolute atomic E-state index is 0.0405. The Morgan fingerprint density at radius 1 is 1.20 bits per heavy atom. The highest BCUT2D eigenvalue weighted by Crippen LogP contribution is 2.37. The fourth-order valence-corrected chi connectivity index (χ4v) is 2.43. The molecule has 0 N–H and O–H groups in total. The summed E-state index contributed by atoms with van der Waals surface area (Å²) >= 11 is 0. The van der Waals surface area contributed by atoms with Crippen LogP contribution in [-0.4, -0.2) is 22.6 Å². The second-order valence-corrected chi connectivity index (χ2v) is 4.68. The summed E-state index contributed by atoms with van der Waals surface area (Å²) in [4.78, 5) is 14.4. The van der Waals surface area contributed by atoms with E-state index in [1.165, 1.54) is 0 Å². The number of carbonyl (C=O) groups excluding carboxylic acids is 1. The van der Waals surface area contributed by atoms with Crippen molar-refractivity contribution in [3.63, 3.8) is 0 Å². The number of anilines is 1. The van der Waals surface area contributed by atoms with E-state index in [1.807, 2.05) is 47.4 Å². The van der Waals surface area contributed by atoms with Crippen LogP contribution in [0.2, 0.25) is 0 Å². The number of hydrogen-bond donors (Lipinski definition) is 0. The van der Waals surface area contributed by atoms with E-state index in [-0.39, 0.29) is 5.91 Å². The van der Waals surface area contributed by atoms with E-state index in [0.717, 1.165) is 24.2 Å². The zero-order chi connectivity index (χ0) is 13.9. The number of hydrogen-bond acceptors (Lipinski definition) is 3. The maximum Gasteiger partial charge on any atom is 0.259 e. The first-order valence-electron chi connectivity index (χ1n) is 6.72. The molecule has 0 saturated carbocycles. The van der Waals surface area contributed by atoms with Crippen molar-refractivity contribution in [1.82, 2.24) is 10.2 Å². The lowest BCUT2D eigenvalue weighted by Gasteiger charge is -2.15. The van der Waals surface area contributed by atoms with Crippen molar-refractivity contribution in [3.8, 4) is 0 Å². The monoisotopic (exact) mass is 265 g/mol. The third-order valence-corrected chi connectivity index (χ3v) is 3.29. The van der Waals surface area contributed by atoms with Gasteiger partial charge in [0.15, 0.2) is 0 Å². The SMILES string of the molecule is CCCN1C(=O)/C(=C/c2cccnn2)c2ccccc21. The summed E-state index contributed by atoms with van der Waals surface area (Å²) in [6.07, 6.45) is 4.36. The first-order chi connectivity index (χ1) is 9.81. The average molecular weight is 265 g/mol. The van der Waals surface area contributed by atoms with E-state index < -0.39 is 0 Å². The molecule has 3 rings (SSSR count). The van der Waals surface area contributed by atoms with Gasteiger partial charge in [-0.15, -0.1) is 0 Å². The molecule has 2 heterocycles. The van der Waals surface area contributed by atoms with Crippen LogP contribution in [0.25, 0.3) is 11.6 Å². The number of nitrogens with zero attached hydrogens (tertiary/aromatic N) is 3. The first-order valence-corrected chi connectivity index (χ1v) is 6.72. The summed E-state index contributed by atoms with van der Waals surface area (Å²) in [7, 11) is 0. The van der Waals surface area contributed by atoms with Gasteiger partial charge >= 0.3 is 0 Å². The highest BCUT2D eigenvalue weighted by Gasteiger charge is 2.31. The molecule has 0 saturated heterocycles. The molecule has 0 aliphatic carbocycles. The fraction of sp³-hybridized carbons (Fsp3) is 0.188. The lowest BCUT2D eigenvalue weighted by atomic mass is 10.1. The van der Waals surface area contributed by atoms with E-state index in [2.05, 4.69) is 17.1 Å². The summed E-state index contributed by atoms with van der Waals surface area (Å²) in [5.41, 5.74) is 3.34. The highest BCUT2D eigenvalue weighted by molar-refractivity contribution is 6.35. The van der Waals surface area contributed by atoms with Crippen LogP contribution in [0.5, 0.6) is 0 Å². The Balaban J connectivity index is 2.09. The Hall–Kier alpha value is -2.49. The highest BCUT2D eigenvalue weighted by atomic mass is 16.2. The topological polar surface area (TPSA) is 46.1 Å². The van der Waals surface area contributed by atoms with Crippen molar-refractivity contribution in [3.05, 3.63) is 53.9 Å². The molecule has 1 aliphatic heterocycles. The summed E-state index contributed by atoms with van der Waals surface area (Å²) in [6, 6.07) is 11.5.